The number of hydrogen-bond donors (Lipinski definition) is 0. The van der Waals surface area contributed by atoms with Crippen LogP contribution in [0.25, 0.3) is 16.8 Å². The number of rotatable bonds is 3. The maximum Gasteiger partial charge on any atom is 0.223 e. The van der Waals surface area contributed by atoms with Gasteiger partial charge in [-0.3, -0.25) is 4.21 Å². The molecule has 8 heteroatoms. The van der Waals surface area contributed by atoms with Crippen molar-refractivity contribution in [2.75, 3.05) is 5.75 Å². The van der Waals surface area contributed by atoms with Crippen molar-refractivity contribution in [1.29, 1.82) is 0 Å². The largest absolute Gasteiger partial charge is 0.251 e. The number of nitrogens with zero attached hydrogens (tertiary/aromatic N) is 4. The highest BCUT2D eigenvalue weighted by atomic mass is 35.5. The van der Waals surface area contributed by atoms with E-state index in [9.17, 15) is 4.21 Å². The normalized spacial score (nSPS) is 12.7. The standard InChI is InChI=1S/C15H14Cl2N4OS/c1-4-23(22)15-19-9(3)18-14-13(8(2)20-21(14)15)11-6-5-10(16)7-12(11)17/h5-7H,4H2,1-3H3. The third-order valence-electron chi connectivity index (χ3n) is 3.41. The number of halogens is 2. The molecule has 0 saturated carbocycles. The number of fused-ring (bicyclic) bond motifs is 1. The first-order valence-corrected chi connectivity index (χ1v) is 9.07. The van der Waals surface area contributed by atoms with E-state index in [0.717, 1.165) is 16.8 Å². The summed E-state index contributed by atoms with van der Waals surface area (Å²) in [5, 5.41) is 5.95. The van der Waals surface area contributed by atoms with Gasteiger partial charge in [-0.15, -0.1) is 0 Å². The molecule has 0 bridgehead atoms. The quantitative estimate of drug-likeness (QED) is 0.704. The van der Waals surface area contributed by atoms with Crippen LogP contribution < -0.4 is 0 Å². The van der Waals surface area contributed by atoms with E-state index in [0.29, 0.717) is 32.4 Å². The van der Waals surface area contributed by atoms with Gasteiger partial charge in [0.25, 0.3) is 0 Å². The second kappa shape index (κ2) is 6.19. The highest BCUT2D eigenvalue weighted by Crippen LogP contribution is 2.34. The second-order valence-electron chi connectivity index (χ2n) is 5.01. The lowest BCUT2D eigenvalue weighted by Crippen LogP contribution is -2.09. The van der Waals surface area contributed by atoms with Crippen LogP contribution >= 0.6 is 23.2 Å². The molecule has 0 amide bonds. The summed E-state index contributed by atoms with van der Waals surface area (Å²) in [4.78, 5) is 8.77. The Kier molecular flexibility index (Phi) is 4.40. The third kappa shape index (κ3) is 2.86. The molecule has 23 heavy (non-hydrogen) atoms. The van der Waals surface area contributed by atoms with Crippen LogP contribution in [0.3, 0.4) is 0 Å². The lowest BCUT2D eigenvalue weighted by atomic mass is 10.1. The van der Waals surface area contributed by atoms with Gasteiger partial charge in [0.1, 0.15) is 5.82 Å². The summed E-state index contributed by atoms with van der Waals surface area (Å²) in [5.41, 5.74) is 2.92. The molecule has 2 heterocycles. The van der Waals surface area contributed by atoms with Gasteiger partial charge < -0.3 is 0 Å². The molecule has 1 unspecified atom stereocenters. The van der Waals surface area contributed by atoms with Crippen LogP contribution in [0.1, 0.15) is 18.4 Å². The van der Waals surface area contributed by atoms with E-state index >= 15 is 0 Å². The maximum absolute atomic E-state index is 12.3. The zero-order valence-corrected chi connectivity index (χ0v) is 15.1. The molecule has 0 aliphatic heterocycles. The van der Waals surface area contributed by atoms with Crippen LogP contribution in [-0.4, -0.2) is 29.5 Å². The topological polar surface area (TPSA) is 60.2 Å². The molecule has 0 spiro atoms. The Morgan fingerprint density at radius 1 is 1.22 bits per heavy atom. The number of hydrogen-bond acceptors (Lipinski definition) is 4. The Morgan fingerprint density at radius 2 is 1.96 bits per heavy atom. The Bertz CT molecular complexity index is 939. The Morgan fingerprint density at radius 3 is 2.61 bits per heavy atom. The van der Waals surface area contributed by atoms with Gasteiger partial charge in [-0.05, 0) is 26.0 Å². The van der Waals surface area contributed by atoms with Crippen LogP contribution in [0.15, 0.2) is 23.4 Å². The highest BCUT2D eigenvalue weighted by Gasteiger charge is 2.20. The van der Waals surface area contributed by atoms with Gasteiger partial charge in [-0.2, -0.15) is 9.61 Å². The molecule has 5 nitrogen and oxygen atoms in total. The van der Waals surface area contributed by atoms with Crippen LogP contribution in [0.2, 0.25) is 10.0 Å². The molecule has 3 aromatic rings. The first-order valence-electron chi connectivity index (χ1n) is 7.00. The van der Waals surface area contributed by atoms with E-state index in [2.05, 4.69) is 15.1 Å². The van der Waals surface area contributed by atoms with Crippen molar-refractivity contribution in [3.63, 3.8) is 0 Å². The van der Waals surface area contributed by atoms with Crippen LogP contribution in [0.5, 0.6) is 0 Å². The van der Waals surface area contributed by atoms with Crippen LogP contribution in [0.4, 0.5) is 0 Å². The minimum Gasteiger partial charge on any atom is -0.251 e. The average molecular weight is 369 g/mol. The minimum atomic E-state index is -1.24. The molecule has 0 fully saturated rings. The molecular formula is C15H14Cl2N4OS. The lowest BCUT2D eigenvalue weighted by molar-refractivity contribution is 0.659. The first kappa shape index (κ1) is 16.4. The van der Waals surface area contributed by atoms with Crippen molar-refractivity contribution in [2.24, 2.45) is 0 Å². The van der Waals surface area contributed by atoms with Crippen molar-refractivity contribution < 1.29 is 4.21 Å². The summed E-state index contributed by atoms with van der Waals surface area (Å²) >= 11 is 12.3. The molecule has 0 aliphatic rings. The molecule has 1 aromatic carbocycles. The Labute approximate surface area is 146 Å². The van der Waals surface area contributed by atoms with Gasteiger partial charge in [0.15, 0.2) is 5.65 Å². The van der Waals surface area contributed by atoms with Crippen LogP contribution in [-0.2, 0) is 10.8 Å². The molecule has 0 aliphatic carbocycles. The van der Waals surface area contributed by atoms with Crippen molar-refractivity contribution in [2.45, 2.75) is 25.9 Å². The van der Waals surface area contributed by atoms with Gasteiger partial charge in [-0.1, -0.05) is 36.2 Å². The van der Waals surface area contributed by atoms with Crippen LogP contribution in [0, 0.1) is 13.8 Å². The second-order valence-corrected chi connectivity index (χ2v) is 7.48. The molecule has 1 atom stereocenters. The fraction of sp³-hybridized carbons (Fsp3) is 0.267. The SMILES string of the molecule is CCS(=O)c1nc(C)nc2c(-c3ccc(Cl)cc3Cl)c(C)nn12. The number of aromatic nitrogens is 4. The molecule has 3 rings (SSSR count). The van der Waals surface area contributed by atoms with E-state index in [1.807, 2.05) is 19.9 Å². The monoisotopic (exact) mass is 368 g/mol. The summed E-state index contributed by atoms with van der Waals surface area (Å²) in [6.45, 7) is 5.47. The molecule has 120 valence electrons. The summed E-state index contributed by atoms with van der Waals surface area (Å²) in [5.74, 6) is 1.00. The van der Waals surface area contributed by atoms with Crippen molar-refractivity contribution in [1.82, 2.24) is 19.6 Å². The van der Waals surface area contributed by atoms with E-state index < -0.39 is 10.8 Å². The molecule has 2 aromatic heterocycles. The van der Waals surface area contributed by atoms with E-state index in [-0.39, 0.29) is 0 Å². The van der Waals surface area contributed by atoms with Gasteiger partial charge in [0.05, 0.1) is 27.1 Å². The van der Waals surface area contributed by atoms with Gasteiger partial charge in [0.2, 0.25) is 5.16 Å². The van der Waals surface area contributed by atoms with E-state index in [1.165, 1.54) is 0 Å². The zero-order chi connectivity index (χ0) is 16.7. The Balaban J connectivity index is 2.36. The van der Waals surface area contributed by atoms with E-state index in [4.69, 9.17) is 23.2 Å². The van der Waals surface area contributed by atoms with E-state index in [1.54, 1.807) is 23.6 Å². The summed E-state index contributed by atoms with van der Waals surface area (Å²) < 4.78 is 13.8. The minimum absolute atomic E-state index is 0.398. The lowest BCUT2D eigenvalue weighted by Gasteiger charge is -2.06. The van der Waals surface area contributed by atoms with Crippen molar-refractivity contribution >= 4 is 39.6 Å². The molecule has 0 N–H and O–H groups in total. The average Bonchev–Trinajstić information content (AvgIpc) is 2.82. The summed E-state index contributed by atoms with van der Waals surface area (Å²) in [6.07, 6.45) is 0. The predicted octanol–water partition coefficient (Wildman–Crippen LogP) is 3.84. The fourth-order valence-corrected chi connectivity index (χ4v) is 3.72. The number of aryl methyl sites for hydroxylation is 2. The molecule has 0 radical (unpaired) electrons. The number of benzene rings is 1. The van der Waals surface area contributed by atoms with Gasteiger partial charge in [0, 0.05) is 16.3 Å². The summed E-state index contributed by atoms with van der Waals surface area (Å²) in [6, 6.07) is 5.29. The molecular weight excluding hydrogens is 355 g/mol. The van der Waals surface area contributed by atoms with Gasteiger partial charge in [-0.25, -0.2) is 9.97 Å². The Hall–Kier alpha value is -1.50. The smallest absolute Gasteiger partial charge is 0.223 e. The maximum atomic E-state index is 12.3. The van der Waals surface area contributed by atoms with Crippen molar-refractivity contribution in [3.8, 4) is 11.1 Å². The van der Waals surface area contributed by atoms with Crippen molar-refractivity contribution in [3.05, 3.63) is 39.8 Å². The zero-order valence-electron chi connectivity index (χ0n) is 12.8. The van der Waals surface area contributed by atoms with Gasteiger partial charge >= 0.3 is 0 Å². The first-order chi connectivity index (χ1) is 10.9. The third-order valence-corrected chi connectivity index (χ3v) is 5.15. The predicted molar refractivity (Wildman–Crippen MR) is 92.7 cm³/mol. The fourth-order valence-electron chi connectivity index (χ4n) is 2.40. The highest BCUT2D eigenvalue weighted by molar-refractivity contribution is 7.84. The summed E-state index contributed by atoms with van der Waals surface area (Å²) in [7, 11) is -1.24. The molecule has 0 saturated heterocycles.